The van der Waals surface area contributed by atoms with Gasteiger partial charge >= 0.3 is 0 Å². The number of hydrogen-bond donors (Lipinski definition) is 2. The zero-order valence-electron chi connectivity index (χ0n) is 21.8. The number of hydrogen-bond acceptors (Lipinski definition) is 7. The fraction of sp³-hybridized carbons (Fsp3) is 0.370. The Hall–Kier alpha value is -4.55. The van der Waals surface area contributed by atoms with Gasteiger partial charge in [-0.2, -0.15) is 0 Å². The van der Waals surface area contributed by atoms with Crippen molar-refractivity contribution in [2.24, 2.45) is 0 Å². The summed E-state index contributed by atoms with van der Waals surface area (Å²) in [6.45, 7) is 6.35. The highest BCUT2D eigenvalue weighted by molar-refractivity contribution is 6.05. The fourth-order valence-corrected chi connectivity index (χ4v) is 5.04. The van der Waals surface area contributed by atoms with Crippen molar-refractivity contribution in [3.63, 3.8) is 0 Å². The molecule has 11 nitrogen and oxygen atoms in total. The Balaban J connectivity index is 1.66. The Morgan fingerprint density at radius 3 is 2.65 bits per heavy atom. The first-order chi connectivity index (χ1) is 19.3. The van der Waals surface area contributed by atoms with Gasteiger partial charge in [-0.15, -0.1) is 0 Å². The van der Waals surface area contributed by atoms with E-state index in [1.165, 1.54) is 19.1 Å². The van der Waals surface area contributed by atoms with Gasteiger partial charge in [0.05, 0.1) is 17.2 Å². The van der Waals surface area contributed by atoms with Gasteiger partial charge in [0.2, 0.25) is 17.8 Å². The largest absolute Gasteiger partial charge is 0.484 e. The second-order valence-corrected chi connectivity index (χ2v) is 9.50. The van der Waals surface area contributed by atoms with E-state index in [1.807, 2.05) is 0 Å². The summed E-state index contributed by atoms with van der Waals surface area (Å²) in [5, 5.41) is 5.49. The topological polar surface area (TPSA) is 128 Å². The first-order valence-electron chi connectivity index (χ1n) is 12.9. The van der Waals surface area contributed by atoms with Crippen molar-refractivity contribution >= 4 is 40.4 Å². The van der Waals surface area contributed by atoms with Crippen molar-refractivity contribution in [2.75, 3.05) is 36.9 Å². The van der Waals surface area contributed by atoms with Crippen LogP contribution >= 0.6 is 0 Å². The molecule has 1 saturated heterocycles. The lowest BCUT2D eigenvalue weighted by Gasteiger charge is -2.28. The number of nitrogens with one attached hydrogen (secondary N) is 2. The highest BCUT2D eigenvalue weighted by atomic mass is 19.3. The highest BCUT2D eigenvalue weighted by Gasteiger charge is 2.31. The van der Waals surface area contributed by atoms with E-state index in [9.17, 15) is 23.2 Å². The summed E-state index contributed by atoms with van der Waals surface area (Å²) in [4.78, 5) is 47.7. The molecule has 0 spiro atoms. The number of nitrogens with zero attached hydrogens (tertiary/aromatic N) is 4. The number of carbonyl (C=O) groups excluding carboxylic acids is 3. The van der Waals surface area contributed by atoms with Crippen LogP contribution in [-0.2, 0) is 9.59 Å². The summed E-state index contributed by atoms with van der Waals surface area (Å²) in [6.07, 6.45) is 1.80. The summed E-state index contributed by atoms with van der Waals surface area (Å²) in [5.74, 6) is -0.399. The Morgan fingerprint density at radius 1 is 1.15 bits per heavy atom. The minimum absolute atomic E-state index is 0.0196. The van der Waals surface area contributed by atoms with Crippen LogP contribution in [0.25, 0.3) is 11.0 Å². The van der Waals surface area contributed by atoms with Crippen LogP contribution < -0.4 is 20.1 Å². The summed E-state index contributed by atoms with van der Waals surface area (Å²) >= 11 is 0. The molecule has 210 valence electrons. The number of halogens is 2. The Bertz CT molecular complexity index is 1490. The lowest BCUT2D eigenvalue weighted by Crippen LogP contribution is -2.34. The number of carbonyl (C=O) groups is 3. The molecule has 1 atom stereocenters. The number of ether oxygens (including phenoxy) is 2. The van der Waals surface area contributed by atoms with Crippen molar-refractivity contribution in [1.29, 1.82) is 0 Å². The SMILES string of the molecule is C=CC(=O)N1CCCC[C@@H](n2c(NC(=O)c3ccnc(C(F)F)c3)nc3cc(NC(C)=O)c4c(c32)OCCO4)C1. The molecule has 1 aromatic carbocycles. The minimum atomic E-state index is -2.84. The molecule has 0 saturated carbocycles. The molecule has 5 rings (SSSR count). The average molecular weight is 555 g/mol. The average Bonchev–Trinajstić information content (AvgIpc) is 3.12. The van der Waals surface area contributed by atoms with Crippen LogP contribution in [-0.4, -0.2) is 63.5 Å². The molecule has 0 bridgehead atoms. The zero-order valence-corrected chi connectivity index (χ0v) is 21.8. The number of imidazole rings is 1. The predicted octanol–water partition coefficient (Wildman–Crippen LogP) is 4.09. The fourth-order valence-electron chi connectivity index (χ4n) is 5.04. The molecule has 1 fully saturated rings. The molecule has 0 aliphatic carbocycles. The van der Waals surface area contributed by atoms with Crippen molar-refractivity contribution in [1.82, 2.24) is 19.4 Å². The molecular formula is C27H28F2N6O5. The van der Waals surface area contributed by atoms with E-state index < -0.39 is 18.0 Å². The van der Waals surface area contributed by atoms with Gasteiger partial charge in [0.25, 0.3) is 12.3 Å². The van der Waals surface area contributed by atoms with E-state index in [-0.39, 0.29) is 42.6 Å². The molecule has 13 heteroatoms. The molecule has 0 unspecified atom stereocenters. The van der Waals surface area contributed by atoms with Crippen LogP contribution in [0.1, 0.15) is 54.7 Å². The predicted molar refractivity (Wildman–Crippen MR) is 142 cm³/mol. The maximum absolute atomic E-state index is 13.3. The summed E-state index contributed by atoms with van der Waals surface area (Å²) in [6, 6.07) is 3.65. The number of alkyl halides is 2. The number of anilines is 2. The lowest BCUT2D eigenvalue weighted by molar-refractivity contribution is -0.126. The van der Waals surface area contributed by atoms with Crippen LogP contribution in [0.2, 0.25) is 0 Å². The second-order valence-electron chi connectivity index (χ2n) is 9.50. The third kappa shape index (κ3) is 5.31. The van der Waals surface area contributed by atoms with Crippen molar-refractivity contribution in [2.45, 2.75) is 38.7 Å². The van der Waals surface area contributed by atoms with Gasteiger partial charge in [-0.05, 0) is 43.5 Å². The Morgan fingerprint density at radius 2 is 1.93 bits per heavy atom. The highest BCUT2D eigenvalue weighted by Crippen LogP contribution is 2.46. The summed E-state index contributed by atoms with van der Waals surface area (Å²) < 4.78 is 40.2. The molecular weight excluding hydrogens is 526 g/mol. The van der Waals surface area contributed by atoms with Gasteiger partial charge in [0.15, 0.2) is 11.5 Å². The summed E-state index contributed by atoms with van der Waals surface area (Å²) in [5.41, 5.74) is 0.728. The van der Waals surface area contributed by atoms with E-state index in [0.29, 0.717) is 47.7 Å². The number of aromatic nitrogens is 3. The van der Waals surface area contributed by atoms with Gasteiger partial charge in [-0.1, -0.05) is 6.58 Å². The molecule has 0 radical (unpaired) electrons. The smallest absolute Gasteiger partial charge is 0.280 e. The Kier molecular flexibility index (Phi) is 7.63. The lowest BCUT2D eigenvalue weighted by atomic mass is 10.1. The van der Waals surface area contributed by atoms with E-state index in [1.54, 1.807) is 15.5 Å². The third-order valence-electron chi connectivity index (χ3n) is 6.76. The van der Waals surface area contributed by atoms with Gasteiger partial charge in [0, 0.05) is 31.8 Å². The Labute approximate surface area is 228 Å². The molecule has 4 heterocycles. The first-order valence-corrected chi connectivity index (χ1v) is 12.9. The van der Waals surface area contributed by atoms with Gasteiger partial charge in [-0.25, -0.2) is 13.8 Å². The van der Waals surface area contributed by atoms with E-state index in [4.69, 9.17) is 9.47 Å². The normalized spacial score (nSPS) is 16.9. The molecule has 2 aromatic heterocycles. The molecule has 40 heavy (non-hydrogen) atoms. The number of rotatable bonds is 6. The number of likely N-dealkylation sites (tertiary alicyclic amines) is 1. The van der Waals surface area contributed by atoms with Crippen molar-refractivity contribution in [3.05, 3.63) is 48.3 Å². The monoisotopic (exact) mass is 554 g/mol. The maximum atomic E-state index is 13.3. The van der Waals surface area contributed by atoms with Gasteiger partial charge in [-0.3, -0.25) is 24.7 Å². The van der Waals surface area contributed by atoms with Crippen molar-refractivity contribution < 1.29 is 32.6 Å². The minimum Gasteiger partial charge on any atom is -0.484 e. The number of amides is 3. The molecule has 2 aliphatic heterocycles. The summed E-state index contributed by atoms with van der Waals surface area (Å²) in [7, 11) is 0. The van der Waals surface area contributed by atoms with Crippen LogP contribution in [0.5, 0.6) is 11.5 Å². The van der Waals surface area contributed by atoms with E-state index in [0.717, 1.165) is 25.1 Å². The van der Waals surface area contributed by atoms with Crippen LogP contribution in [0.15, 0.2) is 37.1 Å². The van der Waals surface area contributed by atoms with E-state index >= 15 is 0 Å². The maximum Gasteiger partial charge on any atom is 0.280 e. The van der Waals surface area contributed by atoms with E-state index in [2.05, 4.69) is 27.2 Å². The molecule has 3 amide bonds. The molecule has 3 aromatic rings. The van der Waals surface area contributed by atoms with Gasteiger partial charge in [0.1, 0.15) is 24.4 Å². The number of fused-ring (bicyclic) bond motifs is 3. The van der Waals surface area contributed by atoms with Crippen molar-refractivity contribution in [3.8, 4) is 11.5 Å². The van der Waals surface area contributed by atoms with Gasteiger partial charge < -0.3 is 24.3 Å². The van der Waals surface area contributed by atoms with Crippen LogP contribution in [0.4, 0.5) is 20.4 Å². The standard InChI is InChI=1S/C27H28F2N6O5/c1-3-21(37)34-9-5-4-6-17(14-34)35-22-18(13-19(31-15(2)36)23-24(22)40-11-10-39-23)32-27(35)33-26(38)16-7-8-30-20(12-16)25(28)29/h3,7-8,12-13,17,25H,1,4-6,9-11,14H2,2H3,(H,31,36)(H,32,33,38)/t17-/m1/s1. The molecule has 2 N–H and O–H groups in total. The quantitative estimate of drug-likeness (QED) is 0.440. The second kappa shape index (κ2) is 11.3. The first kappa shape index (κ1) is 27.0. The third-order valence-corrected chi connectivity index (χ3v) is 6.76. The zero-order chi connectivity index (χ0) is 28.4. The number of benzene rings is 1. The van der Waals surface area contributed by atoms with Crippen LogP contribution in [0.3, 0.4) is 0 Å². The molecule has 2 aliphatic rings. The number of pyridine rings is 1. The van der Waals surface area contributed by atoms with Crippen LogP contribution in [0, 0.1) is 0 Å².